The minimum atomic E-state index is -3.60. The van der Waals surface area contributed by atoms with Gasteiger partial charge in [0.1, 0.15) is 0 Å². The number of aryl methyl sites for hydroxylation is 1. The molecular formula is C11H18N6O2S. The van der Waals surface area contributed by atoms with Crippen molar-refractivity contribution in [3.8, 4) is 0 Å². The summed E-state index contributed by atoms with van der Waals surface area (Å²) in [5, 5.41) is 13.4. The van der Waals surface area contributed by atoms with Crippen molar-refractivity contribution in [2.75, 3.05) is 14.1 Å². The first-order valence-corrected chi connectivity index (χ1v) is 7.50. The average Bonchev–Trinajstić information content (AvgIpc) is 2.99. The number of hydrogen-bond donors (Lipinski definition) is 2. The van der Waals surface area contributed by atoms with Gasteiger partial charge in [-0.05, 0) is 7.05 Å². The predicted octanol–water partition coefficient (Wildman–Crippen LogP) is -0.317. The second-order valence-corrected chi connectivity index (χ2v) is 6.52. The maximum absolute atomic E-state index is 12.5. The Bertz CT molecular complexity index is 675. The number of H-pyrrole nitrogens is 1. The summed E-state index contributed by atoms with van der Waals surface area (Å²) in [4.78, 5) is 0. The van der Waals surface area contributed by atoms with E-state index >= 15 is 0 Å². The average molecular weight is 298 g/mol. The van der Waals surface area contributed by atoms with Crippen LogP contribution in [-0.4, -0.2) is 46.8 Å². The van der Waals surface area contributed by atoms with E-state index in [1.165, 1.54) is 17.5 Å². The summed E-state index contributed by atoms with van der Waals surface area (Å²) in [6.45, 7) is 0.694. The van der Waals surface area contributed by atoms with Crippen LogP contribution in [0.15, 0.2) is 23.6 Å². The molecule has 0 aromatic carbocycles. The standard InChI is InChI=1S/C11H18N6O2S/c1-12-5-10-6-13-15-11(10)20(18,19)17(3)8-9-4-14-16(2)7-9/h4,6-7,12H,5,8H2,1-3H3,(H,13,15). The third-order valence-corrected chi connectivity index (χ3v) is 4.70. The van der Waals surface area contributed by atoms with Crippen molar-refractivity contribution in [2.24, 2.45) is 7.05 Å². The molecule has 0 bridgehead atoms. The van der Waals surface area contributed by atoms with Crippen molar-refractivity contribution in [1.29, 1.82) is 0 Å². The third kappa shape index (κ3) is 2.89. The normalized spacial score (nSPS) is 12.2. The molecule has 2 heterocycles. The molecule has 0 aliphatic carbocycles. The van der Waals surface area contributed by atoms with Gasteiger partial charge >= 0.3 is 0 Å². The lowest BCUT2D eigenvalue weighted by molar-refractivity contribution is 0.462. The van der Waals surface area contributed by atoms with Gasteiger partial charge in [0, 0.05) is 44.5 Å². The summed E-state index contributed by atoms with van der Waals surface area (Å²) in [6.07, 6.45) is 4.95. The SMILES string of the molecule is CNCc1cn[nH]c1S(=O)(=O)N(C)Cc1cnn(C)c1. The summed E-state index contributed by atoms with van der Waals surface area (Å²) in [5.41, 5.74) is 1.44. The number of hydrogen-bond acceptors (Lipinski definition) is 5. The molecule has 2 N–H and O–H groups in total. The molecule has 0 aliphatic rings. The van der Waals surface area contributed by atoms with Gasteiger partial charge < -0.3 is 5.32 Å². The zero-order chi connectivity index (χ0) is 14.8. The first kappa shape index (κ1) is 14.7. The Labute approximate surface area is 117 Å². The highest BCUT2D eigenvalue weighted by Gasteiger charge is 2.26. The summed E-state index contributed by atoms with van der Waals surface area (Å²) in [7, 11) is 1.48. The highest BCUT2D eigenvalue weighted by molar-refractivity contribution is 7.89. The first-order valence-electron chi connectivity index (χ1n) is 6.06. The van der Waals surface area contributed by atoms with Crippen LogP contribution in [0.25, 0.3) is 0 Å². The number of sulfonamides is 1. The van der Waals surface area contributed by atoms with E-state index < -0.39 is 10.0 Å². The van der Waals surface area contributed by atoms with E-state index in [1.807, 2.05) is 0 Å². The number of rotatable bonds is 6. The second kappa shape index (κ2) is 5.73. The van der Waals surface area contributed by atoms with Gasteiger partial charge in [-0.15, -0.1) is 0 Å². The fourth-order valence-electron chi connectivity index (χ4n) is 1.89. The lowest BCUT2D eigenvalue weighted by atomic mass is 10.4. The van der Waals surface area contributed by atoms with Crippen LogP contribution < -0.4 is 5.32 Å². The van der Waals surface area contributed by atoms with Gasteiger partial charge in [0.15, 0.2) is 5.03 Å². The molecule has 0 amide bonds. The second-order valence-electron chi connectivity index (χ2n) is 4.54. The zero-order valence-electron chi connectivity index (χ0n) is 11.7. The van der Waals surface area contributed by atoms with E-state index in [1.54, 1.807) is 31.2 Å². The van der Waals surface area contributed by atoms with Crippen LogP contribution in [-0.2, 0) is 30.2 Å². The van der Waals surface area contributed by atoms with Crippen molar-refractivity contribution in [1.82, 2.24) is 29.6 Å². The molecule has 0 fully saturated rings. The Balaban J connectivity index is 2.22. The van der Waals surface area contributed by atoms with Crippen LogP contribution in [0.4, 0.5) is 0 Å². The fourth-order valence-corrected chi connectivity index (χ4v) is 3.15. The van der Waals surface area contributed by atoms with Gasteiger partial charge in [0.25, 0.3) is 10.0 Å². The van der Waals surface area contributed by atoms with Gasteiger partial charge in [-0.1, -0.05) is 0 Å². The van der Waals surface area contributed by atoms with Crippen molar-refractivity contribution in [3.05, 3.63) is 29.7 Å². The maximum atomic E-state index is 12.5. The highest BCUT2D eigenvalue weighted by atomic mass is 32.2. The molecule has 110 valence electrons. The lowest BCUT2D eigenvalue weighted by Gasteiger charge is -2.16. The van der Waals surface area contributed by atoms with Crippen LogP contribution in [0, 0.1) is 0 Å². The number of nitrogens with one attached hydrogen (secondary N) is 2. The molecule has 0 aliphatic heterocycles. The lowest BCUT2D eigenvalue weighted by Crippen LogP contribution is -2.28. The van der Waals surface area contributed by atoms with Gasteiger partial charge in [0.05, 0.1) is 12.4 Å². The number of nitrogens with zero attached hydrogens (tertiary/aromatic N) is 4. The topological polar surface area (TPSA) is 95.9 Å². The Hall–Kier alpha value is -1.71. The highest BCUT2D eigenvalue weighted by Crippen LogP contribution is 2.18. The molecule has 0 saturated heterocycles. The molecule has 9 heteroatoms. The predicted molar refractivity (Wildman–Crippen MR) is 73.2 cm³/mol. The molecular weight excluding hydrogens is 280 g/mol. The van der Waals surface area contributed by atoms with Crippen LogP contribution in [0.5, 0.6) is 0 Å². The van der Waals surface area contributed by atoms with E-state index in [9.17, 15) is 8.42 Å². The molecule has 2 aromatic rings. The van der Waals surface area contributed by atoms with Crippen LogP contribution >= 0.6 is 0 Å². The molecule has 0 unspecified atom stereocenters. The van der Waals surface area contributed by atoms with E-state index in [-0.39, 0.29) is 11.6 Å². The molecule has 0 atom stereocenters. The monoisotopic (exact) mass is 298 g/mol. The smallest absolute Gasteiger partial charge is 0.260 e. The number of aromatic nitrogens is 4. The summed E-state index contributed by atoms with van der Waals surface area (Å²) >= 11 is 0. The maximum Gasteiger partial charge on any atom is 0.260 e. The van der Waals surface area contributed by atoms with Gasteiger partial charge in [-0.2, -0.15) is 14.5 Å². The molecule has 0 spiro atoms. The molecule has 20 heavy (non-hydrogen) atoms. The van der Waals surface area contributed by atoms with Gasteiger partial charge in [0.2, 0.25) is 0 Å². The quantitative estimate of drug-likeness (QED) is 0.762. The summed E-state index contributed by atoms with van der Waals surface area (Å²) in [6, 6.07) is 0. The summed E-state index contributed by atoms with van der Waals surface area (Å²) < 4.78 is 27.9. The van der Waals surface area contributed by atoms with Crippen LogP contribution in [0.3, 0.4) is 0 Å². The molecule has 2 rings (SSSR count). The van der Waals surface area contributed by atoms with Gasteiger partial charge in [-0.25, -0.2) is 8.42 Å². The Kier molecular flexibility index (Phi) is 4.21. The largest absolute Gasteiger partial charge is 0.316 e. The van der Waals surface area contributed by atoms with E-state index in [4.69, 9.17) is 0 Å². The van der Waals surface area contributed by atoms with Crippen LogP contribution in [0.2, 0.25) is 0 Å². The molecule has 0 radical (unpaired) electrons. The third-order valence-electron chi connectivity index (χ3n) is 2.88. The van der Waals surface area contributed by atoms with Crippen molar-refractivity contribution >= 4 is 10.0 Å². The van der Waals surface area contributed by atoms with E-state index in [2.05, 4.69) is 20.6 Å². The zero-order valence-corrected chi connectivity index (χ0v) is 12.5. The Morgan fingerprint density at radius 2 is 2.20 bits per heavy atom. The first-order chi connectivity index (χ1) is 9.45. The Morgan fingerprint density at radius 1 is 1.45 bits per heavy atom. The minimum absolute atomic E-state index is 0.123. The minimum Gasteiger partial charge on any atom is -0.316 e. The van der Waals surface area contributed by atoms with Crippen molar-refractivity contribution < 1.29 is 8.42 Å². The van der Waals surface area contributed by atoms with Gasteiger partial charge in [-0.3, -0.25) is 9.78 Å². The Morgan fingerprint density at radius 3 is 2.80 bits per heavy atom. The van der Waals surface area contributed by atoms with E-state index in [0.717, 1.165) is 5.56 Å². The summed E-state index contributed by atoms with van der Waals surface area (Å²) in [5.74, 6) is 0. The van der Waals surface area contributed by atoms with Crippen molar-refractivity contribution in [3.63, 3.8) is 0 Å². The van der Waals surface area contributed by atoms with Crippen LogP contribution in [0.1, 0.15) is 11.1 Å². The molecule has 0 saturated carbocycles. The number of aromatic amines is 1. The molecule has 8 nitrogen and oxygen atoms in total. The van der Waals surface area contributed by atoms with E-state index in [0.29, 0.717) is 12.1 Å². The van der Waals surface area contributed by atoms with Crippen molar-refractivity contribution in [2.45, 2.75) is 18.1 Å². The molecule has 2 aromatic heterocycles. The fraction of sp³-hybridized carbons (Fsp3) is 0.455.